The second-order valence-corrected chi connectivity index (χ2v) is 3.20. The molecule has 0 saturated carbocycles. The molecule has 0 bridgehead atoms. The van der Waals surface area contributed by atoms with Crippen LogP contribution in [0.25, 0.3) is 6.08 Å². The van der Waals surface area contributed by atoms with Crippen molar-refractivity contribution in [2.75, 3.05) is 0 Å². The molecule has 1 aromatic carbocycles. The molecule has 0 atom stereocenters. The Bertz CT molecular complexity index is 383. The Labute approximate surface area is 80.8 Å². The molecule has 2 rings (SSSR count). The second-order valence-electron chi connectivity index (χ2n) is 2.76. The number of halogens is 1. The molecule has 1 heterocycles. The third-order valence-corrected chi connectivity index (χ3v) is 2.01. The molecule has 0 amide bonds. The van der Waals surface area contributed by atoms with Gasteiger partial charge in [-0.25, -0.2) is 0 Å². The van der Waals surface area contributed by atoms with Gasteiger partial charge in [0, 0.05) is 10.6 Å². The zero-order valence-corrected chi connectivity index (χ0v) is 7.54. The first-order valence-corrected chi connectivity index (χ1v) is 4.30. The third-order valence-electron chi connectivity index (χ3n) is 1.78. The zero-order valence-electron chi connectivity index (χ0n) is 6.79. The van der Waals surface area contributed by atoms with Gasteiger partial charge in [0.2, 0.25) is 0 Å². The van der Waals surface area contributed by atoms with E-state index in [4.69, 9.17) is 16.3 Å². The second kappa shape index (κ2) is 3.23. The first-order chi connectivity index (χ1) is 6.25. The fraction of sp³-hybridized carbons (Fsp3) is 0.100. The maximum absolute atomic E-state index is 11.0. The van der Waals surface area contributed by atoms with E-state index in [9.17, 15) is 4.79 Å². The van der Waals surface area contributed by atoms with Gasteiger partial charge in [0.15, 0.2) is 0 Å². The number of hydrogen-bond acceptors (Lipinski definition) is 2. The van der Waals surface area contributed by atoms with Crippen LogP contribution in [0.5, 0.6) is 5.75 Å². The largest absolute Gasteiger partial charge is 0.426 e. The van der Waals surface area contributed by atoms with Gasteiger partial charge in [0.05, 0.1) is 6.42 Å². The molecule has 0 saturated heterocycles. The standard InChI is InChI=1S/C10H7ClO2/c11-8-4-5-9-7(6-8)2-1-3-10(12)13-9/h1-2,4-6H,3H2. The van der Waals surface area contributed by atoms with E-state index < -0.39 is 0 Å². The Balaban J connectivity index is 2.49. The van der Waals surface area contributed by atoms with E-state index in [1.165, 1.54) is 0 Å². The molecule has 1 aliphatic heterocycles. The molecule has 0 N–H and O–H groups in total. The average Bonchev–Trinajstić information content (AvgIpc) is 2.25. The SMILES string of the molecule is O=C1CC=Cc2cc(Cl)ccc2O1. The Kier molecular flexibility index (Phi) is 2.07. The van der Waals surface area contributed by atoms with E-state index in [0.717, 1.165) is 5.56 Å². The highest BCUT2D eigenvalue weighted by molar-refractivity contribution is 6.30. The van der Waals surface area contributed by atoms with Crippen LogP contribution in [0.4, 0.5) is 0 Å². The minimum atomic E-state index is -0.239. The molecule has 0 spiro atoms. The number of carbonyl (C=O) groups is 1. The Morgan fingerprint density at radius 3 is 3.08 bits per heavy atom. The molecule has 0 fully saturated rings. The molecule has 2 nitrogen and oxygen atoms in total. The van der Waals surface area contributed by atoms with Crippen molar-refractivity contribution in [2.24, 2.45) is 0 Å². The molecule has 0 unspecified atom stereocenters. The molecule has 0 aromatic heterocycles. The molecule has 1 aromatic rings. The minimum Gasteiger partial charge on any atom is -0.426 e. The Morgan fingerprint density at radius 1 is 1.38 bits per heavy atom. The predicted molar refractivity (Wildman–Crippen MR) is 50.7 cm³/mol. The minimum absolute atomic E-state index is 0.239. The summed E-state index contributed by atoms with van der Waals surface area (Å²) in [4.78, 5) is 11.0. The van der Waals surface area contributed by atoms with Crippen molar-refractivity contribution < 1.29 is 9.53 Å². The van der Waals surface area contributed by atoms with Crippen molar-refractivity contribution in [1.29, 1.82) is 0 Å². The highest BCUT2D eigenvalue weighted by Gasteiger charge is 2.10. The van der Waals surface area contributed by atoms with Crippen LogP contribution in [-0.4, -0.2) is 5.97 Å². The van der Waals surface area contributed by atoms with Crippen molar-refractivity contribution in [1.82, 2.24) is 0 Å². The van der Waals surface area contributed by atoms with Crippen molar-refractivity contribution in [3.63, 3.8) is 0 Å². The quantitative estimate of drug-likeness (QED) is 0.469. The van der Waals surface area contributed by atoms with Gasteiger partial charge in [0.25, 0.3) is 0 Å². The molecular formula is C10H7ClO2. The predicted octanol–water partition coefficient (Wildman–Crippen LogP) is 2.66. The van der Waals surface area contributed by atoms with Gasteiger partial charge in [-0.15, -0.1) is 0 Å². The summed E-state index contributed by atoms with van der Waals surface area (Å²) in [6, 6.07) is 5.17. The van der Waals surface area contributed by atoms with E-state index in [1.807, 2.05) is 6.08 Å². The van der Waals surface area contributed by atoms with Gasteiger partial charge in [-0.05, 0) is 18.2 Å². The summed E-state index contributed by atoms with van der Waals surface area (Å²) < 4.78 is 5.05. The summed E-state index contributed by atoms with van der Waals surface area (Å²) >= 11 is 5.79. The Morgan fingerprint density at radius 2 is 2.23 bits per heavy atom. The summed E-state index contributed by atoms with van der Waals surface area (Å²) in [5, 5.41) is 0.640. The van der Waals surface area contributed by atoms with E-state index >= 15 is 0 Å². The lowest BCUT2D eigenvalue weighted by atomic mass is 10.2. The fourth-order valence-electron chi connectivity index (χ4n) is 1.19. The van der Waals surface area contributed by atoms with Gasteiger partial charge >= 0.3 is 5.97 Å². The van der Waals surface area contributed by atoms with E-state index in [0.29, 0.717) is 17.2 Å². The van der Waals surface area contributed by atoms with Gasteiger partial charge in [-0.3, -0.25) is 4.79 Å². The number of ether oxygens (including phenoxy) is 1. The van der Waals surface area contributed by atoms with E-state index in [1.54, 1.807) is 24.3 Å². The molecule has 1 aliphatic rings. The van der Waals surface area contributed by atoms with Crippen molar-refractivity contribution in [3.05, 3.63) is 34.9 Å². The number of rotatable bonds is 0. The summed E-state index contributed by atoms with van der Waals surface area (Å²) in [6.07, 6.45) is 3.92. The van der Waals surface area contributed by atoms with Gasteiger partial charge in [0.1, 0.15) is 5.75 Å². The Hall–Kier alpha value is -1.28. The normalized spacial score (nSPS) is 14.7. The summed E-state index contributed by atoms with van der Waals surface area (Å²) in [5.41, 5.74) is 0.846. The fourth-order valence-corrected chi connectivity index (χ4v) is 1.37. The number of esters is 1. The lowest BCUT2D eigenvalue weighted by Crippen LogP contribution is -2.05. The molecule has 13 heavy (non-hydrogen) atoms. The van der Waals surface area contributed by atoms with Gasteiger partial charge in [-0.2, -0.15) is 0 Å². The smallest absolute Gasteiger partial charge is 0.315 e. The van der Waals surface area contributed by atoms with E-state index in [-0.39, 0.29) is 5.97 Å². The van der Waals surface area contributed by atoms with Crippen molar-refractivity contribution in [3.8, 4) is 5.75 Å². The topological polar surface area (TPSA) is 26.3 Å². The van der Waals surface area contributed by atoms with Crippen LogP contribution < -0.4 is 4.74 Å². The van der Waals surface area contributed by atoms with Crippen LogP contribution in [0.15, 0.2) is 24.3 Å². The molecule has 3 heteroatoms. The highest BCUT2D eigenvalue weighted by atomic mass is 35.5. The molecular weight excluding hydrogens is 188 g/mol. The third kappa shape index (κ3) is 1.73. The molecule has 0 radical (unpaired) electrons. The van der Waals surface area contributed by atoms with E-state index in [2.05, 4.69) is 0 Å². The van der Waals surface area contributed by atoms with Crippen LogP contribution in [0, 0.1) is 0 Å². The highest BCUT2D eigenvalue weighted by Crippen LogP contribution is 2.26. The number of benzene rings is 1. The van der Waals surface area contributed by atoms with Gasteiger partial charge < -0.3 is 4.74 Å². The maximum Gasteiger partial charge on any atom is 0.315 e. The number of fused-ring (bicyclic) bond motifs is 1. The zero-order chi connectivity index (χ0) is 9.26. The first-order valence-electron chi connectivity index (χ1n) is 3.92. The summed E-state index contributed by atoms with van der Waals surface area (Å²) in [6.45, 7) is 0. The van der Waals surface area contributed by atoms with Crippen LogP contribution >= 0.6 is 11.6 Å². The molecule has 66 valence electrons. The van der Waals surface area contributed by atoms with Crippen LogP contribution in [0.1, 0.15) is 12.0 Å². The van der Waals surface area contributed by atoms with Crippen molar-refractivity contribution in [2.45, 2.75) is 6.42 Å². The van der Waals surface area contributed by atoms with Crippen molar-refractivity contribution >= 4 is 23.6 Å². The van der Waals surface area contributed by atoms with Crippen LogP contribution in [-0.2, 0) is 4.79 Å². The monoisotopic (exact) mass is 194 g/mol. The summed E-state index contributed by atoms with van der Waals surface area (Å²) in [5.74, 6) is 0.334. The number of hydrogen-bond donors (Lipinski definition) is 0. The van der Waals surface area contributed by atoms with Crippen LogP contribution in [0.2, 0.25) is 5.02 Å². The number of carbonyl (C=O) groups excluding carboxylic acids is 1. The lowest BCUT2D eigenvalue weighted by molar-refractivity contribution is -0.133. The lowest BCUT2D eigenvalue weighted by Gasteiger charge is -2.03. The van der Waals surface area contributed by atoms with Crippen LogP contribution in [0.3, 0.4) is 0 Å². The first kappa shape index (κ1) is 8.32. The van der Waals surface area contributed by atoms with Gasteiger partial charge in [-0.1, -0.05) is 23.8 Å². The molecule has 0 aliphatic carbocycles. The average molecular weight is 195 g/mol. The maximum atomic E-state index is 11.0. The summed E-state index contributed by atoms with van der Waals surface area (Å²) in [7, 11) is 0.